The minimum Gasteiger partial charge on any atom is -0.352 e. The summed E-state index contributed by atoms with van der Waals surface area (Å²) in [5.41, 5.74) is 2.02. The van der Waals surface area contributed by atoms with Crippen LogP contribution in [0.25, 0.3) is 0 Å². The van der Waals surface area contributed by atoms with E-state index in [0.717, 1.165) is 18.4 Å². The third-order valence-electron chi connectivity index (χ3n) is 6.49. The molecule has 0 radical (unpaired) electrons. The topological polar surface area (TPSA) is 66.5 Å². The van der Waals surface area contributed by atoms with E-state index >= 15 is 0 Å². The predicted octanol–water partition coefficient (Wildman–Crippen LogP) is 4.46. The zero-order valence-electron chi connectivity index (χ0n) is 17.3. The molecule has 2 saturated carbocycles. The molecule has 0 saturated heterocycles. The average molecular weight is 447 g/mol. The molecule has 0 aromatic heterocycles. The van der Waals surface area contributed by atoms with E-state index < -0.39 is 10.0 Å². The first-order valence-electron chi connectivity index (χ1n) is 10.4. The van der Waals surface area contributed by atoms with Gasteiger partial charge in [0.05, 0.1) is 10.6 Å². The number of fused-ring (bicyclic) bond motifs is 2. The van der Waals surface area contributed by atoms with Gasteiger partial charge in [-0.2, -0.15) is 0 Å². The Morgan fingerprint density at radius 1 is 1.10 bits per heavy atom. The lowest BCUT2D eigenvalue weighted by atomic mass is 9.95. The summed E-state index contributed by atoms with van der Waals surface area (Å²) in [6.45, 7) is 3.40. The molecule has 160 valence electrons. The van der Waals surface area contributed by atoms with Crippen LogP contribution in [-0.2, 0) is 14.8 Å². The number of amides is 1. The van der Waals surface area contributed by atoms with Crippen molar-refractivity contribution in [3.8, 4) is 0 Å². The van der Waals surface area contributed by atoms with Gasteiger partial charge < -0.3 is 5.32 Å². The van der Waals surface area contributed by atoms with E-state index in [9.17, 15) is 13.2 Å². The molecule has 2 fully saturated rings. The lowest BCUT2D eigenvalue weighted by Crippen LogP contribution is -2.46. The van der Waals surface area contributed by atoms with Gasteiger partial charge in [0.25, 0.3) is 10.0 Å². The van der Waals surface area contributed by atoms with Crippen molar-refractivity contribution in [2.45, 2.75) is 50.5 Å². The van der Waals surface area contributed by atoms with Gasteiger partial charge in [-0.05, 0) is 74.8 Å². The normalized spacial score (nSPS) is 22.8. The molecule has 30 heavy (non-hydrogen) atoms. The van der Waals surface area contributed by atoms with Crippen LogP contribution in [0.5, 0.6) is 0 Å². The van der Waals surface area contributed by atoms with E-state index in [4.69, 9.17) is 11.6 Å². The molecule has 0 aliphatic heterocycles. The second kappa shape index (κ2) is 8.23. The van der Waals surface area contributed by atoms with E-state index in [1.807, 2.05) is 6.92 Å². The lowest BCUT2D eigenvalue weighted by molar-refractivity contribution is -0.120. The predicted molar refractivity (Wildman–Crippen MR) is 119 cm³/mol. The minimum atomic E-state index is -3.94. The van der Waals surface area contributed by atoms with Crippen molar-refractivity contribution < 1.29 is 13.2 Å². The molecule has 2 aromatic carbocycles. The monoisotopic (exact) mass is 446 g/mol. The number of carbonyl (C=O) groups is 1. The molecule has 4 rings (SSSR count). The van der Waals surface area contributed by atoms with Crippen LogP contribution in [0.1, 0.15) is 36.8 Å². The van der Waals surface area contributed by atoms with Crippen LogP contribution in [0, 0.1) is 25.7 Å². The number of anilines is 1. The quantitative estimate of drug-likeness (QED) is 0.712. The summed E-state index contributed by atoms with van der Waals surface area (Å²) in [5, 5.41) is 3.56. The smallest absolute Gasteiger partial charge is 0.264 e. The van der Waals surface area contributed by atoms with Crippen LogP contribution in [0.15, 0.2) is 47.4 Å². The third-order valence-corrected chi connectivity index (χ3v) is 8.67. The number of benzene rings is 2. The molecule has 2 aromatic rings. The average Bonchev–Trinajstić information content (AvgIpc) is 3.32. The minimum absolute atomic E-state index is 0.153. The Kier molecular flexibility index (Phi) is 5.82. The lowest BCUT2D eigenvalue weighted by Gasteiger charge is -2.28. The van der Waals surface area contributed by atoms with Gasteiger partial charge in [-0.25, -0.2) is 8.42 Å². The molecule has 2 aliphatic carbocycles. The summed E-state index contributed by atoms with van der Waals surface area (Å²) in [7, 11) is -3.94. The van der Waals surface area contributed by atoms with Crippen LogP contribution in [0.2, 0.25) is 5.02 Å². The molecule has 2 bridgehead atoms. The molecule has 1 amide bonds. The fraction of sp³-hybridized carbons (Fsp3) is 0.435. The van der Waals surface area contributed by atoms with Crippen molar-refractivity contribution in [1.82, 2.24) is 5.32 Å². The van der Waals surface area contributed by atoms with Gasteiger partial charge in [-0.15, -0.1) is 0 Å². The molecule has 7 heteroatoms. The van der Waals surface area contributed by atoms with Gasteiger partial charge in [-0.3, -0.25) is 9.10 Å². The zero-order valence-corrected chi connectivity index (χ0v) is 18.8. The summed E-state index contributed by atoms with van der Waals surface area (Å²) in [6, 6.07) is 11.9. The number of rotatable bonds is 6. The molecule has 0 spiro atoms. The molecular formula is C23H27ClN2O3S. The van der Waals surface area contributed by atoms with Crippen LogP contribution < -0.4 is 9.62 Å². The van der Waals surface area contributed by atoms with E-state index in [0.29, 0.717) is 28.1 Å². The number of nitrogens with zero attached hydrogens (tertiary/aromatic N) is 1. The Labute approximate surface area is 183 Å². The summed E-state index contributed by atoms with van der Waals surface area (Å²) in [6.07, 6.45) is 4.56. The van der Waals surface area contributed by atoms with E-state index in [1.165, 1.54) is 17.1 Å². The van der Waals surface area contributed by atoms with Gasteiger partial charge in [0.1, 0.15) is 6.54 Å². The molecule has 5 nitrogen and oxygen atoms in total. The fourth-order valence-electron chi connectivity index (χ4n) is 4.81. The van der Waals surface area contributed by atoms with Crippen LogP contribution in [0.4, 0.5) is 5.69 Å². The maximum Gasteiger partial charge on any atom is 0.264 e. The first-order valence-corrected chi connectivity index (χ1v) is 12.2. The highest BCUT2D eigenvalue weighted by molar-refractivity contribution is 7.92. The van der Waals surface area contributed by atoms with Crippen LogP contribution in [0.3, 0.4) is 0 Å². The van der Waals surface area contributed by atoms with Gasteiger partial charge in [-0.1, -0.05) is 41.8 Å². The van der Waals surface area contributed by atoms with Gasteiger partial charge >= 0.3 is 0 Å². The van der Waals surface area contributed by atoms with Crippen LogP contribution in [-0.4, -0.2) is 26.9 Å². The number of nitrogens with one attached hydrogen (secondary N) is 1. The highest BCUT2D eigenvalue weighted by atomic mass is 35.5. The van der Waals surface area contributed by atoms with Crippen LogP contribution >= 0.6 is 11.6 Å². The first-order chi connectivity index (χ1) is 14.3. The van der Waals surface area contributed by atoms with Gasteiger partial charge in [0.2, 0.25) is 5.91 Å². The number of aryl methyl sites for hydroxylation is 1. The second-order valence-electron chi connectivity index (χ2n) is 8.56. The van der Waals surface area contributed by atoms with Crippen molar-refractivity contribution in [1.29, 1.82) is 0 Å². The molecule has 2 aliphatic rings. The van der Waals surface area contributed by atoms with E-state index in [2.05, 4.69) is 5.32 Å². The molecular weight excluding hydrogens is 420 g/mol. The number of halogens is 1. The number of carbonyl (C=O) groups excluding carboxylic acids is 1. The van der Waals surface area contributed by atoms with Crippen molar-refractivity contribution in [3.63, 3.8) is 0 Å². The van der Waals surface area contributed by atoms with Crippen molar-refractivity contribution in [2.75, 3.05) is 10.8 Å². The summed E-state index contributed by atoms with van der Waals surface area (Å²) >= 11 is 6.27. The highest BCUT2D eigenvalue weighted by Crippen LogP contribution is 2.44. The molecule has 0 unspecified atom stereocenters. The Hall–Kier alpha value is -2.05. The summed E-state index contributed by atoms with van der Waals surface area (Å²) in [4.78, 5) is 13.1. The number of hydrogen-bond donors (Lipinski definition) is 1. The Balaban J connectivity index is 1.64. The van der Waals surface area contributed by atoms with Gasteiger partial charge in [0, 0.05) is 11.1 Å². The maximum atomic E-state index is 13.5. The van der Waals surface area contributed by atoms with Crippen molar-refractivity contribution >= 4 is 33.2 Å². The SMILES string of the molecule is Cc1ccc(S(=O)(=O)N(CC(=O)N[C@H]2C[C@@H]3CC[C@@H]2C3)c2cccc(Cl)c2C)cc1. The molecule has 0 heterocycles. The molecule has 1 N–H and O–H groups in total. The number of hydrogen-bond acceptors (Lipinski definition) is 3. The number of sulfonamides is 1. The Bertz CT molecular complexity index is 1050. The second-order valence-corrected chi connectivity index (χ2v) is 10.8. The standard InChI is InChI=1S/C23H27ClN2O3S/c1-15-6-10-19(11-7-15)30(28,29)26(22-5-3-4-20(24)16(22)2)14-23(27)25-21-13-17-8-9-18(21)12-17/h3-7,10-11,17-18,21H,8-9,12-14H2,1-2H3,(H,25,27)/t17-,18-,21+/m1/s1. The molecule has 3 atom stereocenters. The fourth-order valence-corrected chi connectivity index (χ4v) is 6.46. The van der Waals surface area contributed by atoms with Crippen molar-refractivity contribution in [2.24, 2.45) is 11.8 Å². The Morgan fingerprint density at radius 3 is 2.47 bits per heavy atom. The highest BCUT2D eigenvalue weighted by Gasteiger charge is 2.40. The van der Waals surface area contributed by atoms with Crippen molar-refractivity contribution in [3.05, 3.63) is 58.6 Å². The Morgan fingerprint density at radius 2 is 1.83 bits per heavy atom. The first kappa shape index (κ1) is 21.2. The summed E-state index contributed by atoms with van der Waals surface area (Å²) in [5.74, 6) is 0.944. The summed E-state index contributed by atoms with van der Waals surface area (Å²) < 4.78 is 28.2. The van der Waals surface area contributed by atoms with E-state index in [1.54, 1.807) is 49.4 Å². The van der Waals surface area contributed by atoms with Gasteiger partial charge in [0.15, 0.2) is 0 Å². The third kappa shape index (κ3) is 4.08. The largest absolute Gasteiger partial charge is 0.352 e. The maximum absolute atomic E-state index is 13.5. The zero-order chi connectivity index (χ0) is 21.5. The van der Waals surface area contributed by atoms with E-state index in [-0.39, 0.29) is 23.4 Å².